The second-order valence-electron chi connectivity index (χ2n) is 4.80. The zero-order valence-corrected chi connectivity index (χ0v) is 13.0. The Hall–Kier alpha value is -2.21. The molecule has 2 N–H and O–H groups in total. The van der Waals surface area contributed by atoms with Crippen molar-refractivity contribution in [3.63, 3.8) is 0 Å². The number of nitrogens with two attached hydrogens (primary N) is 1. The van der Waals surface area contributed by atoms with Crippen LogP contribution in [-0.4, -0.2) is 20.2 Å². The van der Waals surface area contributed by atoms with Crippen molar-refractivity contribution in [3.8, 4) is 11.4 Å². The van der Waals surface area contributed by atoms with Crippen molar-refractivity contribution in [3.05, 3.63) is 58.6 Å². The maximum absolute atomic E-state index is 5.72. The molecular weight excluding hydrogens is 330 g/mol. The molecule has 1 heterocycles. The molecule has 0 amide bonds. The monoisotopic (exact) mass is 343 g/mol. The van der Waals surface area contributed by atoms with E-state index in [2.05, 4.69) is 50.5 Å². The maximum atomic E-state index is 5.72. The number of hydrogen-bond acceptors (Lipinski definition) is 4. The van der Waals surface area contributed by atoms with Gasteiger partial charge >= 0.3 is 0 Å². The van der Waals surface area contributed by atoms with E-state index < -0.39 is 0 Å². The molecule has 21 heavy (non-hydrogen) atoms. The molecule has 2 aromatic carbocycles. The Bertz CT molecular complexity index is 734. The molecule has 1 aromatic heterocycles. The summed E-state index contributed by atoms with van der Waals surface area (Å²) >= 11 is 3.44. The summed E-state index contributed by atoms with van der Waals surface area (Å²) in [5, 5.41) is 12.1. The summed E-state index contributed by atoms with van der Waals surface area (Å²) in [6, 6.07) is 15.7. The van der Waals surface area contributed by atoms with E-state index in [-0.39, 0.29) is 6.04 Å². The third kappa shape index (κ3) is 2.80. The van der Waals surface area contributed by atoms with Crippen LogP contribution in [0, 0.1) is 0 Å². The van der Waals surface area contributed by atoms with Gasteiger partial charge in [0, 0.05) is 15.7 Å². The molecule has 3 aromatic rings. The van der Waals surface area contributed by atoms with Crippen LogP contribution < -0.4 is 5.73 Å². The third-order valence-corrected chi connectivity index (χ3v) is 3.91. The van der Waals surface area contributed by atoms with Gasteiger partial charge in [-0.05, 0) is 59.3 Å². The van der Waals surface area contributed by atoms with Gasteiger partial charge in [0.15, 0.2) is 5.82 Å². The zero-order valence-electron chi connectivity index (χ0n) is 11.4. The molecule has 6 heteroatoms. The number of nitrogen functional groups attached to an aromatic ring is 1. The van der Waals surface area contributed by atoms with E-state index in [1.54, 1.807) is 0 Å². The fourth-order valence-corrected chi connectivity index (χ4v) is 2.42. The van der Waals surface area contributed by atoms with Crippen LogP contribution in [0.2, 0.25) is 0 Å². The number of aromatic nitrogens is 4. The summed E-state index contributed by atoms with van der Waals surface area (Å²) in [4.78, 5) is 0. The van der Waals surface area contributed by atoms with Gasteiger partial charge in [0.1, 0.15) is 0 Å². The lowest BCUT2D eigenvalue weighted by molar-refractivity contribution is 0.548. The van der Waals surface area contributed by atoms with E-state index in [9.17, 15) is 0 Å². The molecule has 0 fully saturated rings. The summed E-state index contributed by atoms with van der Waals surface area (Å²) in [6.45, 7) is 2.07. The van der Waals surface area contributed by atoms with Gasteiger partial charge in [-0.25, -0.2) is 4.68 Å². The van der Waals surface area contributed by atoms with Crippen molar-refractivity contribution in [2.24, 2.45) is 0 Å². The summed E-state index contributed by atoms with van der Waals surface area (Å²) in [5.41, 5.74) is 8.52. The lowest BCUT2D eigenvalue weighted by Crippen LogP contribution is -2.10. The topological polar surface area (TPSA) is 69.6 Å². The minimum Gasteiger partial charge on any atom is -0.399 e. The number of rotatable bonds is 3. The molecule has 3 rings (SSSR count). The maximum Gasteiger partial charge on any atom is 0.182 e. The normalized spacial score (nSPS) is 12.3. The van der Waals surface area contributed by atoms with E-state index in [0.29, 0.717) is 0 Å². The minimum atomic E-state index is 0.0423. The van der Waals surface area contributed by atoms with Crippen LogP contribution in [0.5, 0.6) is 0 Å². The van der Waals surface area contributed by atoms with Gasteiger partial charge in [-0.3, -0.25) is 0 Å². The molecule has 0 aliphatic rings. The Labute approximate surface area is 130 Å². The largest absolute Gasteiger partial charge is 0.399 e. The van der Waals surface area contributed by atoms with Gasteiger partial charge < -0.3 is 5.73 Å². The standard InChI is InChI=1S/C15H14BrN5/c1-10(11-2-6-13(16)7-3-11)21-15(18-19-20-21)12-4-8-14(17)9-5-12/h2-10H,17H2,1H3. The Morgan fingerprint density at radius 3 is 2.38 bits per heavy atom. The van der Waals surface area contributed by atoms with E-state index in [1.165, 1.54) is 0 Å². The highest BCUT2D eigenvalue weighted by Gasteiger charge is 2.16. The fraction of sp³-hybridized carbons (Fsp3) is 0.133. The smallest absolute Gasteiger partial charge is 0.182 e. The number of anilines is 1. The van der Waals surface area contributed by atoms with Crippen LogP contribution in [0.15, 0.2) is 53.0 Å². The van der Waals surface area contributed by atoms with Gasteiger partial charge in [0.05, 0.1) is 6.04 Å². The van der Waals surface area contributed by atoms with Crippen molar-refractivity contribution < 1.29 is 0 Å². The predicted molar refractivity (Wildman–Crippen MR) is 85.6 cm³/mol. The Kier molecular flexibility index (Phi) is 3.70. The average molecular weight is 344 g/mol. The van der Waals surface area contributed by atoms with Crippen molar-refractivity contribution in [1.82, 2.24) is 20.2 Å². The minimum absolute atomic E-state index is 0.0423. The van der Waals surface area contributed by atoms with Crippen molar-refractivity contribution >= 4 is 21.6 Å². The van der Waals surface area contributed by atoms with Gasteiger partial charge in [0.25, 0.3) is 0 Å². The summed E-state index contributed by atoms with van der Waals surface area (Å²) in [6.07, 6.45) is 0. The van der Waals surface area contributed by atoms with Crippen molar-refractivity contribution in [2.45, 2.75) is 13.0 Å². The van der Waals surface area contributed by atoms with Gasteiger partial charge in [-0.15, -0.1) is 5.10 Å². The molecule has 106 valence electrons. The molecule has 1 atom stereocenters. The lowest BCUT2D eigenvalue weighted by Gasteiger charge is -2.14. The van der Waals surface area contributed by atoms with Gasteiger partial charge in [-0.2, -0.15) is 0 Å². The average Bonchev–Trinajstić information content (AvgIpc) is 2.97. The molecule has 0 saturated carbocycles. The second kappa shape index (κ2) is 5.65. The molecule has 0 saturated heterocycles. The van der Waals surface area contributed by atoms with E-state index in [4.69, 9.17) is 5.73 Å². The Balaban J connectivity index is 1.98. The molecule has 5 nitrogen and oxygen atoms in total. The first-order chi connectivity index (χ1) is 10.1. The van der Waals surface area contributed by atoms with Crippen LogP contribution in [0.25, 0.3) is 11.4 Å². The van der Waals surface area contributed by atoms with Crippen LogP contribution in [0.3, 0.4) is 0 Å². The number of nitrogens with zero attached hydrogens (tertiary/aromatic N) is 4. The molecule has 1 unspecified atom stereocenters. The summed E-state index contributed by atoms with van der Waals surface area (Å²) in [5.74, 6) is 0.727. The van der Waals surface area contributed by atoms with Gasteiger partial charge in [-0.1, -0.05) is 28.1 Å². The highest BCUT2D eigenvalue weighted by molar-refractivity contribution is 9.10. The zero-order chi connectivity index (χ0) is 14.8. The van der Waals surface area contributed by atoms with Crippen LogP contribution in [0.1, 0.15) is 18.5 Å². The highest BCUT2D eigenvalue weighted by atomic mass is 79.9. The quantitative estimate of drug-likeness (QED) is 0.740. The molecular formula is C15H14BrN5. The lowest BCUT2D eigenvalue weighted by atomic mass is 10.1. The van der Waals surface area contributed by atoms with Crippen LogP contribution in [0.4, 0.5) is 5.69 Å². The van der Waals surface area contributed by atoms with Crippen LogP contribution in [-0.2, 0) is 0 Å². The van der Waals surface area contributed by atoms with E-state index >= 15 is 0 Å². The van der Waals surface area contributed by atoms with Crippen LogP contribution >= 0.6 is 15.9 Å². The molecule has 0 bridgehead atoms. The van der Waals surface area contributed by atoms with E-state index in [1.807, 2.05) is 41.1 Å². The molecule has 0 aliphatic heterocycles. The molecule has 0 spiro atoms. The number of hydrogen-bond donors (Lipinski definition) is 1. The first-order valence-electron chi connectivity index (χ1n) is 6.54. The Morgan fingerprint density at radius 2 is 1.71 bits per heavy atom. The summed E-state index contributed by atoms with van der Waals surface area (Å²) < 4.78 is 2.86. The molecule has 0 aliphatic carbocycles. The van der Waals surface area contributed by atoms with Crippen molar-refractivity contribution in [2.75, 3.05) is 5.73 Å². The SMILES string of the molecule is CC(c1ccc(Br)cc1)n1nnnc1-c1ccc(N)cc1. The highest BCUT2D eigenvalue weighted by Crippen LogP contribution is 2.25. The van der Waals surface area contributed by atoms with Gasteiger partial charge in [0.2, 0.25) is 0 Å². The first-order valence-corrected chi connectivity index (χ1v) is 7.33. The van der Waals surface area contributed by atoms with Crippen molar-refractivity contribution in [1.29, 1.82) is 0 Å². The second-order valence-corrected chi connectivity index (χ2v) is 5.71. The number of halogens is 1. The molecule has 0 radical (unpaired) electrons. The summed E-state index contributed by atoms with van der Waals surface area (Å²) in [7, 11) is 0. The first kappa shape index (κ1) is 13.8. The predicted octanol–water partition coefficient (Wildman–Crippen LogP) is 3.29. The van der Waals surface area contributed by atoms with E-state index in [0.717, 1.165) is 27.1 Å². The Morgan fingerprint density at radius 1 is 1.05 bits per heavy atom. The third-order valence-electron chi connectivity index (χ3n) is 3.38. The number of benzene rings is 2. The fourth-order valence-electron chi connectivity index (χ4n) is 2.16. The number of tetrazole rings is 1.